The second-order valence-electron chi connectivity index (χ2n) is 7.40. The molecule has 5 heteroatoms. The topological polar surface area (TPSA) is 54.0 Å². The number of aryl methyl sites for hydroxylation is 1. The molecule has 0 amide bonds. The van der Waals surface area contributed by atoms with Crippen molar-refractivity contribution in [3.63, 3.8) is 0 Å². The van der Waals surface area contributed by atoms with Crippen molar-refractivity contribution in [3.8, 4) is 23.0 Å². The Kier molecular flexibility index (Phi) is 5.99. The average Bonchev–Trinajstić information content (AvgIpc) is 3.13. The van der Waals surface area contributed by atoms with E-state index >= 15 is 0 Å². The lowest BCUT2D eigenvalue weighted by molar-refractivity contribution is 0.101. The van der Waals surface area contributed by atoms with Crippen LogP contribution in [0.15, 0.2) is 66.9 Å². The van der Waals surface area contributed by atoms with Crippen LogP contribution >= 0.6 is 0 Å². The van der Waals surface area contributed by atoms with Crippen LogP contribution < -0.4 is 18.9 Å². The van der Waals surface area contributed by atoms with Gasteiger partial charge in [-0.25, -0.2) is 0 Å². The third-order valence-corrected chi connectivity index (χ3v) is 5.29. The Morgan fingerprint density at radius 1 is 0.969 bits per heavy atom. The van der Waals surface area contributed by atoms with Crippen LogP contribution in [-0.4, -0.2) is 20.0 Å². The molecule has 0 radical (unpaired) electrons. The van der Waals surface area contributed by atoms with Crippen molar-refractivity contribution >= 4 is 17.9 Å². The first-order valence-corrected chi connectivity index (χ1v) is 10.2. The van der Waals surface area contributed by atoms with Crippen LogP contribution in [-0.2, 0) is 6.61 Å². The lowest BCUT2D eigenvalue weighted by atomic mass is 10.0. The molecule has 0 fully saturated rings. The third kappa shape index (κ3) is 4.23. The van der Waals surface area contributed by atoms with E-state index in [1.54, 1.807) is 50.6 Å². The Morgan fingerprint density at radius 3 is 2.44 bits per heavy atom. The van der Waals surface area contributed by atoms with E-state index in [0.29, 0.717) is 40.7 Å². The molecule has 5 nitrogen and oxygen atoms in total. The summed E-state index contributed by atoms with van der Waals surface area (Å²) in [6.45, 7) is 6.05. The lowest BCUT2D eigenvalue weighted by Gasteiger charge is -2.09. The van der Waals surface area contributed by atoms with E-state index in [9.17, 15) is 4.79 Å². The molecule has 162 valence electrons. The number of ether oxygens (including phenoxy) is 4. The van der Waals surface area contributed by atoms with Gasteiger partial charge in [0, 0.05) is 11.6 Å². The molecule has 0 bridgehead atoms. The van der Waals surface area contributed by atoms with E-state index in [1.165, 1.54) is 0 Å². The molecule has 0 saturated heterocycles. The number of Topliss-reactive ketones (excluding diaryl/α,β-unsaturated/α-hetero) is 1. The smallest absolute Gasteiger partial charge is 0.232 e. The first-order valence-electron chi connectivity index (χ1n) is 10.2. The van der Waals surface area contributed by atoms with Crippen molar-refractivity contribution in [2.45, 2.75) is 13.5 Å². The predicted octanol–water partition coefficient (Wildman–Crippen LogP) is 5.85. The van der Waals surface area contributed by atoms with Gasteiger partial charge in [0.2, 0.25) is 5.78 Å². The number of carbonyl (C=O) groups is 1. The predicted molar refractivity (Wildman–Crippen MR) is 125 cm³/mol. The quantitative estimate of drug-likeness (QED) is 0.442. The minimum atomic E-state index is -0.172. The lowest BCUT2D eigenvalue weighted by Crippen LogP contribution is -2.00. The summed E-state index contributed by atoms with van der Waals surface area (Å²) < 4.78 is 22.6. The van der Waals surface area contributed by atoms with Gasteiger partial charge in [-0.15, -0.1) is 0 Å². The molecule has 1 aliphatic rings. The van der Waals surface area contributed by atoms with Gasteiger partial charge >= 0.3 is 0 Å². The summed E-state index contributed by atoms with van der Waals surface area (Å²) in [6, 6.07) is 17.0. The number of allylic oxidation sites excluding steroid dienone is 1. The van der Waals surface area contributed by atoms with E-state index in [-0.39, 0.29) is 11.5 Å². The minimum absolute atomic E-state index is 0.172. The number of methoxy groups -OCH3 is 2. The van der Waals surface area contributed by atoms with Crippen molar-refractivity contribution in [2.75, 3.05) is 14.2 Å². The molecule has 0 spiro atoms. The minimum Gasteiger partial charge on any atom is -0.497 e. The molecule has 3 aromatic rings. The first kappa shape index (κ1) is 21.2. The number of ketones is 1. The van der Waals surface area contributed by atoms with Gasteiger partial charge < -0.3 is 18.9 Å². The van der Waals surface area contributed by atoms with Gasteiger partial charge in [0.05, 0.1) is 19.8 Å². The van der Waals surface area contributed by atoms with Crippen LogP contribution in [0, 0.1) is 6.92 Å². The number of fused-ring (bicyclic) bond motifs is 1. The van der Waals surface area contributed by atoms with Crippen molar-refractivity contribution in [1.29, 1.82) is 0 Å². The van der Waals surface area contributed by atoms with E-state index in [0.717, 1.165) is 16.7 Å². The summed E-state index contributed by atoms with van der Waals surface area (Å²) in [5, 5.41) is 0. The van der Waals surface area contributed by atoms with Crippen molar-refractivity contribution < 1.29 is 23.7 Å². The molecule has 4 rings (SSSR count). The molecule has 1 aliphatic heterocycles. The molecule has 0 N–H and O–H groups in total. The Balaban J connectivity index is 1.57. The maximum atomic E-state index is 13.0. The molecule has 0 aromatic heterocycles. The largest absolute Gasteiger partial charge is 0.497 e. The molecule has 0 aliphatic carbocycles. The maximum absolute atomic E-state index is 13.0. The van der Waals surface area contributed by atoms with Gasteiger partial charge in [0.15, 0.2) is 5.76 Å². The van der Waals surface area contributed by atoms with E-state index in [2.05, 4.69) is 6.58 Å². The van der Waals surface area contributed by atoms with Gasteiger partial charge in [-0.3, -0.25) is 4.79 Å². The van der Waals surface area contributed by atoms with Crippen LogP contribution in [0.25, 0.3) is 12.2 Å². The monoisotopic (exact) mass is 428 g/mol. The Morgan fingerprint density at radius 2 is 1.75 bits per heavy atom. The van der Waals surface area contributed by atoms with Gasteiger partial charge in [-0.1, -0.05) is 36.9 Å². The van der Waals surface area contributed by atoms with E-state index < -0.39 is 0 Å². The van der Waals surface area contributed by atoms with Crippen molar-refractivity contribution in [1.82, 2.24) is 0 Å². The molecular formula is C27H24O5. The maximum Gasteiger partial charge on any atom is 0.232 e. The van der Waals surface area contributed by atoms with Gasteiger partial charge in [-0.05, 0) is 54.0 Å². The zero-order valence-electron chi connectivity index (χ0n) is 18.3. The zero-order valence-corrected chi connectivity index (χ0v) is 18.3. The van der Waals surface area contributed by atoms with Gasteiger partial charge in [0.25, 0.3) is 0 Å². The van der Waals surface area contributed by atoms with Gasteiger partial charge in [0.1, 0.15) is 29.6 Å². The van der Waals surface area contributed by atoms with Crippen molar-refractivity contribution in [3.05, 3.63) is 94.8 Å². The van der Waals surface area contributed by atoms with Crippen molar-refractivity contribution in [2.24, 2.45) is 0 Å². The summed E-state index contributed by atoms with van der Waals surface area (Å²) in [4.78, 5) is 13.0. The van der Waals surface area contributed by atoms with Crippen LogP contribution in [0.2, 0.25) is 0 Å². The van der Waals surface area contributed by atoms with Gasteiger partial charge in [-0.2, -0.15) is 0 Å². The second kappa shape index (κ2) is 9.02. The zero-order chi connectivity index (χ0) is 22.7. The molecule has 32 heavy (non-hydrogen) atoms. The van der Waals surface area contributed by atoms with Crippen LogP contribution in [0.5, 0.6) is 23.0 Å². The average molecular weight is 428 g/mol. The van der Waals surface area contributed by atoms with E-state index in [1.807, 2.05) is 37.3 Å². The third-order valence-electron chi connectivity index (χ3n) is 5.29. The van der Waals surface area contributed by atoms with Crippen LogP contribution in [0.1, 0.15) is 32.6 Å². The summed E-state index contributed by atoms with van der Waals surface area (Å²) in [6.07, 6.45) is 3.47. The normalized spacial score (nSPS) is 13.5. The Hall–Kier alpha value is -3.99. The fourth-order valence-corrected chi connectivity index (χ4v) is 3.57. The molecule has 0 atom stereocenters. The fourth-order valence-electron chi connectivity index (χ4n) is 3.57. The number of rotatable bonds is 7. The van der Waals surface area contributed by atoms with Crippen LogP contribution in [0.4, 0.5) is 0 Å². The molecular weight excluding hydrogens is 404 g/mol. The Bertz CT molecular complexity index is 1210. The highest BCUT2D eigenvalue weighted by atomic mass is 16.5. The number of hydrogen-bond donors (Lipinski definition) is 0. The number of hydrogen-bond acceptors (Lipinski definition) is 5. The Labute approximate surface area is 187 Å². The summed E-state index contributed by atoms with van der Waals surface area (Å²) >= 11 is 0. The SMILES string of the molecule is C=Cc1ccc(COc2cc(C)c3c(c2)O/C(=C\c2cc(OC)ccc2OC)C3=O)cc1. The number of benzene rings is 3. The standard InChI is InChI=1S/C27H24O5/c1-5-18-6-8-19(9-7-18)16-31-22-12-17(2)26-24(15-22)32-25(27(26)28)14-20-13-21(29-3)10-11-23(20)30-4/h5-15H,1,16H2,2-4H3/b25-14-. The molecule has 1 heterocycles. The highest BCUT2D eigenvalue weighted by Crippen LogP contribution is 2.38. The second-order valence-corrected chi connectivity index (χ2v) is 7.40. The molecule has 0 saturated carbocycles. The number of carbonyl (C=O) groups excluding carboxylic acids is 1. The fraction of sp³-hybridized carbons (Fsp3) is 0.148. The molecule has 0 unspecified atom stereocenters. The highest BCUT2D eigenvalue weighted by molar-refractivity contribution is 6.15. The summed E-state index contributed by atoms with van der Waals surface area (Å²) in [5.74, 6) is 2.46. The van der Waals surface area contributed by atoms with E-state index in [4.69, 9.17) is 18.9 Å². The molecule has 3 aromatic carbocycles. The summed E-state index contributed by atoms with van der Waals surface area (Å²) in [7, 11) is 3.17. The van der Waals surface area contributed by atoms with Crippen LogP contribution in [0.3, 0.4) is 0 Å². The first-order chi connectivity index (χ1) is 15.5. The summed E-state index contributed by atoms with van der Waals surface area (Å²) in [5.41, 5.74) is 4.13. The highest BCUT2D eigenvalue weighted by Gasteiger charge is 2.30.